The van der Waals surface area contributed by atoms with Crippen molar-refractivity contribution in [3.8, 4) is 0 Å². The predicted octanol–water partition coefficient (Wildman–Crippen LogP) is 5.38. The van der Waals surface area contributed by atoms with Crippen LogP contribution in [0.3, 0.4) is 0 Å². The van der Waals surface area contributed by atoms with E-state index in [1.165, 1.54) is 16.7 Å². The lowest BCUT2D eigenvalue weighted by atomic mass is 10.0. The Morgan fingerprint density at radius 2 is 1.44 bits per heavy atom. The SMILES string of the molecule is CCC(=O)/C(C)=C/C=C(\C)CC/C(C)=C(/C)CC. The van der Waals surface area contributed by atoms with Crippen molar-refractivity contribution in [1.29, 1.82) is 0 Å². The van der Waals surface area contributed by atoms with E-state index in [2.05, 4.69) is 33.8 Å². The van der Waals surface area contributed by atoms with E-state index in [9.17, 15) is 4.79 Å². The summed E-state index contributed by atoms with van der Waals surface area (Å²) in [7, 11) is 0. The molecule has 0 aromatic heterocycles. The first-order valence-electron chi connectivity index (χ1n) is 6.94. The van der Waals surface area contributed by atoms with E-state index >= 15 is 0 Å². The van der Waals surface area contributed by atoms with E-state index in [1.807, 2.05) is 19.9 Å². The summed E-state index contributed by atoms with van der Waals surface area (Å²) in [6.07, 6.45) is 7.96. The number of Topliss-reactive ketones (excluding diaryl/α,β-unsaturated/α-hetero) is 1. The van der Waals surface area contributed by atoms with Gasteiger partial charge in [0.2, 0.25) is 0 Å². The molecule has 0 bridgehead atoms. The fourth-order valence-corrected chi connectivity index (χ4v) is 1.62. The topological polar surface area (TPSA) is 17.1 Å². The number of allylic oxidation sites excluding steroid dienone is 6. The van der Waals surface area contributed by atoms with Crippen molar-refractivity contribution in [3.63, 3.8) is 0 Å². The normalized spacial score (nSPS) is 14.6. The van der Waals surface area contributed by atoms with Crippen molar-refractivity contribution in [2.75, 3.05) is 0 Å². The lowest BCUT2D eigenvalue weighted by molar-refractivity contribution is -0.115. The quantitative estimate of drug-likeness (QED) is 0.335. The Morgan fingerprint density at radius 1 is 0.833 bits per heavy atom. The summed E-state index contributed by atoms with van der Waals surface area (Å²) in [6.45, 7) is 12.5. The van der Waals surface area contributed by atoms with E-state index in [0.29, 0.717) is 6.42 Å². The molecule has 0 unspecified atom stereocenters. The van der Waals surface area contributed by atoms with Gasteiger partial charge in [0.05, 0.1) is 0 Å². The molecular weight excluding hydrogens is 220 g/mol. The molecule has 0 fully saturated rings. The van der Waals surface area contributed by atoms with Crippen LogP contribution in [0.1, 0.15) is 67.2 Å². The zero-order valence-corrected chi connectivity index (χ0v) is 12.9. The first kappa shape index (κ1) is 16.9. The van der Waals surface area contributed by atoms with E-state index in [4.69, 9.17) is 0 Å². The second kappa shape index (κ2) is 8.91. The average Bonchev–Trinajstić information content (AvgIpc) is 2.39. The zero-order chi connectivity index (χ0) is 14.1. The second-order valence-electron chi connectivity index (χ2n) is 5.05. The molecule has 0 spiro atoms. The van der Waals surface area contributed by atoms with Crippen molar-refractivity contribution < 1.29 is 4.79 Å². The van der Waals surface area contributed by atoms with E-state index in [-0.39, 0.29) is 5.78 Å². The third kappa shape index (κ3) is 6.58. The number of rotatable bonds is 7. The van der Waals surface area contributed by atoms with Gasteiger partial charge in [-0.3, -0.25) is 4.79 Å². The van der Waals surface area contributed by atoms with Gasteiger partial charge in [0.1, 0.15) is 0 Å². The minimum Gasteiger partial charge on any atom is -0.295 e. The number of carbonyl (C=O) groups excluding carboxylic acids is 1. The average molecular weight is 248 g/mol. The molecule has 0 aliphatic heterocycles. The molecule has 0 saturated heterocycles. The Labute approximate surface area is 113 Å². The highest BCUT2D eigenvalue weighted by Gasteiger charge is 1.99. The molecule has 0 rings (SSSR count). The summed E-state index contributed by atoms with van der Waals surface area (Å²) in [5.41, 5.74) is 5.18. The molecule has 0 saturated carbocycles. The van der Waals surface area contributed by atoms with Gasteiger partial charge in [0, 0.05) is 6.42 Å². The number of ketones is 1. The molecule has 1 heteroatoms. The third-order valence-corrected chi connectivity index (χ3v) is 3.53. The molecule has 0 amide bonds. The largest absolute Gasteiger partial charge is 0.295 e. The zero-order valence-electron chi connectivity index (χ0n) is 12.9. The summed E-state index contributed by atoms with van der Waals surface area (Å²) in [5, 5.41) is 0. The van der Waals surface area contributed by atoms with Crippen LogP contribution in [0.25, 0.3) is 0 Å². The van der Waals surface area contributed by atoms with Crippen molar-refractivity contribution in [2.45, 2.75) is 67.2 Å². The predicted molar refractivity (Wildman–Crippen MR) is 80.7 cm³/mol. The lowest BCUT2D eigenvalue weighted by Crippen LogP contribution is -1.95. The highest BCUT2D eigenvalue weighted by atomic mass is 16.1. The van der Waals surface area contributed by atoms with Crippen LogP contribution in [0, 0.1) is 0 Å². The minimum absolute atomic E-state index is 0.233. The maximum Gasteiger partial charge on any atom is 0.158 e. The minimum atomic E-state index is 0.233. The first-order chi connectivity index (χ1) is 8.42. The first-order valence-corrected chi connectivity index (χ1v) is 6.94. The lowest BCUT2D eigenvalue weighted by Gasteiger charge is -2.06. The van der Waals surface area contributed by atoms with E-state index in [1.54, 1.807) is 0 Å². The Hall–Kier alpha value is -1.11. The van der Waals surface area contributed by atoms with Gasteiger partial charge in [-0.25, -0.2) is 0 Å². The van der Waals surface area contributed by atoms with Gasteiger partial charge in [0.15, 0.2) is 5.78 Å². The molecular formula is C17H28O. The fourth-order valence-electron chi connectivity index (χ4n) is 1.62. The van der Waals surface area contributed by atoms with Crippen molar-refractivity contribution in [1.82, 2.24) is 0 Å². The molecule has 1 nitrogen and oxygen atoms in total. The van der Waals surface area contributed by atoms with Gasteiger partial charge in [-0.05, 0) is 52.5 Å². The van der Waals surface area contributed by atoms with Crippen molar-refractivity contribution in [2.24, 2.45) is 0 Å². The van der Waals surface area contributed by atoms with Crippen LogP contribution in [0.15, 0.2) is 34.4 Å². The maximum absolute atomic E-state index is 11.4. The number of carbonyl (C=O) groups is 1. The monoisotopic (exact) mass is 248 g/mol. The Balaban J connectivity index is 4.43. The van der Waals surface area contributed by atoms with Gasteiger partial charge in [-0.2, -0.15) is 0 Å². The smallest absolute Gasteiger partial charge is 0.158 e. The molecule has 0 aromatic carbocycles. The second-order valence-corrected chi connectivity index (χ2v) is 5.05. The van der Waals surface area contributed by atoms with Crippen LogP contribution in [-0.2, 0) is 4.79 Å². The maximum atomic E-state index is 11.4. The molecule has 0 aliphatic rings. The summed E-state index contributed by atoms with van der Waals surface area (Å²) in [5.74, 6) is 0.233. The van der Waals surface area contributed by atoms with Gasteiger partial charge in [-0.1, -0.05) is 42.7 Å². The van der Waals surface area contributed by atoms with Crippen LogP contribution in [0.5, 0.6) is 0 Å². The van der Waals surface area contributed by atoms with Crippen LogP contribution < -0.4 is 0 Å². The number of hydrogen-bond donors (Lipinski definition) is 0. The highest BCUT2D eigenvalue weighted by molar-refractivity contribution is 5.94. The van der Waals surface area contributed by atoms with Crippen LogP contribution in [-0.4, -0.2) is 5.78 Å². The molecule has 0 aliphatic carbocycles. The van der Waals surface area contributed by atoms with Gasteiger partial charge < -0.3 is 0 Å². The third-order valence-electron chi connectivity index (χ3n) is 3.53. The van der Waals surface area contributed by atoms with Crippen LogP contribution in [0.4, 0.5) is 0 Å². The van der Waals surface area contributed by atoms with Crippen LogP contribution in [0.2, 0.25) is 0 Å². The number of hydrogen-bond acceptors (Lipinski definition) is 1. The van der Waals surface area contributed by atoms with Gasteiger partial charge in [0.25, 0.3) is 0 Å². The summed E-state index contributed by atoms with van der Waals surface area (Å²) < 4.78 is 0. The molecule has 0 heterocycles. The van der Waals surface area contributed by atoms with Crippen LogP contribution >= 0.6 is 0 Å². The molecule has 0 N–H and O–H groups in total. The fraction of sp³-hybridized carbons (Fsp3) is 0.588. The van der Waals surface area contributed by atoms with E-state index in [0.717, 1.165) is 24.8 Å². The molecule has 102 valence electrons. The summed E-state index contributed by atoms with van der Waals surface area (Å²) in [6, 6.07) is 0. The molecule has 0 aromatic rings. The van der Waals surface area contributed by atoms with Crippen molar-refractivity contribution >= 4 is 5.78 Å². The van der Waals surface area contributed by atoms with Gasteiger partial charge in [-0.15, -0.1) is 0 Å². The van der Waals surface area contributed by atoms with Crippen molar-refractivity contribution in [3.05, 3.63) is 34.4 Å². The molecule has 18 heavy (non-hydrogen) atoms. The Bertz CT molecular complexity index is 367. The standard InChI is InChI=1S/C17H28O/c1-7-14(4)15(5)11-9-13(3)10-12-16(6)17(18)8-2/h10,12H,7-9,11H2,1-6H3/b13-10+,15-14-,16-12+. The summed E-state index contributed by atoms with van der Waals surface area (Å²) >= 11 is 0. The van der Waals surface area contributed by atoms with E-state index < -0.39 is 0 Å². The Morgan fingerprint density at radius 3 is 1.94 bits per heavy atom. The molecule has 0 atom stereocenters. The molecule has 0 radical (unpaired) electrons. The van der Waals surface area contributed by atoms with Gasteiger partial charge >= 0.3 is 0 Å². The Kier molecular flexibility index (Phi) is 8.36. The summed E-state index contributed by atoms with van der Waals surface area (Å²) in [4.78, 5) is 11.4. The highest BCUT2D eigenvalue weighted by Crippen LogP contribution is 2.16.